The van der Waals surface area contributed by atoms with Crippen LogP contribution in [0.5, 0.6) is 0 Å². The Kier molecular flexibility index (Phi) is 15.6. The van der Waals surface area contributed by atoms with E-state index in [-0.39, 0.29) is 0 Å². The van der Waals surface area contributed by atoms with Crippen molar-refractivity contribution in [1.82, 2.24) is 4.31 Å². The van der Waals surface area contributed by atoms with Crippen LogP contribution in [0.3, 0.4) is 0 Å². The molecule has 10 heavy (non-hydrogen) atoms. The second kappa shape index (κ2) is 12.0. The van der Waals surface area contributed by atoms with Crippen molar-refractivity contribution >= 4 is 11.9 Å². The Hall–Kier alpha value is 0.310. The van der Waals surface area contributed by atoms with Crippen molar-refractivity contribution in [2.75, 3.05) is 19.3 Å². The van der Waals surface area contributed by atoms with Gasteiger partial charge in [-0.15, -0.1) is 0 Å². The average Bonchev–Trinajstić information content (AvgIpc) is 2.48. The fourth-order valence-electron chi connectivity index (χ4n) is 0.572. The van der Waals surface area contributed by atoms with Crippen LogP contribution in [0.25, 0.3) is 0 Å². The van der Waals surface area contributed by atoms with Crippen LogP contribution in [-0.4, -0.2) is 23.7 Å². The van der Waals surface area contributed by atoms with Crippen LogP contribution in [0.15, 0.2) is 0 Å². The smallest absolute Gasteiger partial charge is 0.00945 e. The molecule has 64 valence electrons. The molecular weight excluding hydrogens is 142 g/mol. The summed E-state index contributed by atoms with van der Waals surface area (Å²) in [4.78, 5) is 0. The predicted octanol–water partition coefficient (Wildman–Crippen LogP) is 3.02. The highest BCUT2D eigenvalue weighted by Gasteiger charge is 2.04. The summed E-state index contributed by atoms with van der Waals surface area (Å²) in [5.41, 5.74) is 0. The minimum atomic E-state index is 1.28. The molecule has 0 N–H and O–H groups in total. The lowest BCUT2D eigenvalue weighted by Crippen LogP contribution is -2.00. The third-order valence-electron chi connectivity index (χ3n) is 0.929. The molecule has 1 heterocycles. The van der Waals surface area contributed by atoms with Gasteiger partial charge in [-0.05, 0) is 13.5 Å². The highest BCUT2D eigenvalue weighted by molar-refractivity contribution is 7.97. The zero-order valence-electron chi connectivity index (χ0n) is 7.98. The van der Waals surface area contributed by atoms with Crippen LogP contribution in [0.1, 0.15) is 34.1 Å². The van der Waals surface area contributed by atoms with E-state index in [9.17, 15) is 0 Å². The molecule has 1 rings (SSSR count). The topological polar surface area (TPSA) is 3.24 Å². The Balaban J connectivity index is 0. The number of hydrogen-bond acceptors (Lipinski definition) is 2. The standard InChI is InChI=1S/C4H9NS.2C2H6/c1-5-3-2-4-6-5;2*1-2/h2-4H2,1H3;2*1-2H3. The Labute approximate surface area is 70.3 Å². The Morgan fingerprint density at radius 2 is 1.60 bits per heavy atom. The van der Waals surface area contributed by atoms with E-state index in [4.69, 9.17) is 0 Å². The van der Waals surface area contributed by atoms with Crippen molar-refractivity contribution in [3.8, 4) is 0 Å². The molecule has 0 aromatic heterocycles. The minimum absolute atomic E-state index is 1.28. The maximum atomic E-state index is 2.28. The number of rotatable bonds is 0. The Morgan fingerprint density at radius 3 is 1.70 bits per heavy atom. The van der Waals surface area contributed by atoms with Gasteiger partial charge in [-0.1, -0.05) is 39.6 Å². The van der Waals surface area contributed by atoms with E-state index >= 15 is 0 Å². The van der Waals surface area contributed by atoms with Gasteiger partial charge in [0.15, 0.2) is 0 Å². The monoisotopic (exact) mass is 163 g/mol. The molecule has 0 unspecified atom stereocenters. The van der Waals surface area contributed by atoms with E-state index in [2.05, 4.69) is 11.4 Å². The SMILES string of the molecule is CC.CC.CN1CCCS1. The first-order valence-corrected chi connectivity index (χ1v) is 5.18. The third kappa shape index (κ3) is 8.31. The first-order valence-electron chi connectivity index (χ1n) is 4.23. The van der Waals surface area contributed by atoms with Gasteiger partial charge >= 0.3 is 0 Å². The van der Waals surface area contributed by atoms with Crippen LogP contribution in [0.4, 0.5) is 0 Å². The quantitative estimate of drug-likeness (QED) is 0.505. The normalized spacial score (nSPS) is 16.5. The number of nitrogens with zero attached hydrogens (tertiary/aromatic N) is 1. The van der Waals surface area contributed by atoms with Crippen molar-refractivity contribution in [2.45, 2.75) is 34.1 Å². The van der Waals surface area contributed by atoms with Crippen LogP contribution < -0.4 is 0 Å². The van der Waals surface area contributed by atoms with Crippen molar-refractivity contribution in [1.29, 1.82) is 0 Å². The molecular formula is C8H21NS. The van der Waals surface area contributed by atoms with E-state index in [0.29, 0.717) is 0 Å². The lowest BCUT2D eigenvalue weighted by atomic mass is 10.5. The van der Waals surface area contributed by atoms with E-state index in [1.165, 1.54) is 18.7 Å². The maximum Gasteiger partial charge on any atom is 0.00945 e. The zero-order valence-corrected chi connectivity index (χ0v) is 8.79. The lowest BCUT2D eigenvalue weighted by molar-refractivity contribution is 0.597. The summed E-state index contributed by atoms with van der Waals surface area (Å²) >= 11 is 1.93. The predicted molar refractivity (Wildman–Crippen MR) is 52.4 cm³/mol. The van der Waals surface area contributed by atoms with Crippen molar-refractivity contribution in [3.63, 3.8) is 0 Å². The molecule has 1 saturated heterocycles. The summed E-state index contributed by atoms with van der Waals surface area (Å²) in [6.07, 6.45) is 1.38. The highest BCUT2D eigenvalue weighted by Crippen LogP contribution is 2.15. The molecule has 0 aromatic carbocycles. The molecule has 0 aromatic rings. The van der Waals surface area contributed by atoms with Gasteiger partial charge in [0, 0.05) is 12.3 Å². The molecule has 0 atom stereocenters. The first kappa shape index (κ1) is 12.9. The largest absolute Gasteiger partial charge is 0.254 e. The molecule has 0 amide bonds. The van der Waals surface area contributed by atoms with Gasteiger partial charge in [-0.2, -0.15) is 0 Å². The van der Waals surface area contributed by atoms with E-state index < -0.39 is 0 Å². The molecule has 1 aliphatic rings. The molecule has 2 heteroatoms. The first-order chi connectivity index (χ1) is 4.89. The summed E-state index contributed by atoms with van der Waals surface area (Å²) < 4.78 is 2.28. The Bertz CT molecular complexity index is 42.5. The van der Waals surface area contributed by atoms with Gasteiger partial charge in [0.05, 0.1) is 0 Å². The van der Waals surface area contributed by atoms with E-state index in [1.807, 2.05) is 39.6 Å². The second-order valence-corrected chi connectivity index (χ2v) is 2.83. The van der Waals surface area contributed by atoms with Gasteiger partial charge in [0.2, 0.25) is 0 Å². The van der Waals surface area contributed by atoms with Crippen molar-refractivity contribution in [2.24, 2.45) is 0 Å². The van der Waals surface area contributed by atoms with Crippen molar-refractivity contribution in [3.05, 3.63) is 0 Å². The summed E-state index contributed by atoms with van der Waals surface area (Å²) in [5, 5.41) is 0. The molecule has 0 bridgehead atoms. The highest BCUT2D eigenvalue weighted by atomic mass is 32.2. The van der Waals surface area contributed by atoms with Crippen LogP contribution in [-0.2, 0) is 0 Å². The molecule has 1 fully saturated rings. The minimum Gasteiger partial charge on any atom is -0.254 e. The van der Waals surface area contributed by atoms with Crippen LogP contribution in [0, 0.1) is 0 Å². The van der Waals surface area contributed by atoms with Gasteiger partial charge in [-0.3, -0.25) is 4.31 Å². The summed E-state index contributed by atoms with van der Waals surface area (Å²) in [6, 6.07) is 0. The third-order valence-corrected chi connectivity index (χ3v) is 2.02. The van der Waals surface area contributed by atoms with Crippen LogP contribution >= 0.6 is 11.9 Å². The molecule has 1 nitrogen and oxygen atoms in total. The molecule has 0 aliphatic carbocycles. The zero-order chi connectivity index (χ0) is 8.41. The number of hydrogen-bond donors (Lipinski definition) is 0. The van der Waals surface area contributed by atoms with E-state index in [0.717, 1.165) is 0 Å². The lowest BCUT2D eigenvalue weighted by Gasteiger charge is -1.99. The van der Waals surface area contributed by atoms with Crippen molar-refractivity contribution < 1.29 is 0 Å². The van der Waals surface area contributed by atoms with E-state index in [1.54, 1.807) is 0 Å². The fourth-order valence-corrected chi connectivity index (χ4v) is 1.40. The summed E-state index contributed by atoms with van der Waals surface area (Å²) in [5.74, 6) is 1.33. The molecule has 0 spiro atoms. The average molecular weight is 163 g/mol. The molecule has 0 radical (unpaired) electrons. The van der Waals surface area contributed by atoms with Gasteiger partial charge in [0.1, 0.15) is 0 Å². The van der Waals surface area contributed by atoms with Gasteiger partial charge in [0.25, 0.3) is 0 Å². The molecule has 1 aliphatic heterocycles. The maximum absolute atomic E-state index is 2.28. The summed E-state index contributed by atoms with van der Waals surface area (Å²) in [7, 11) is 2.14. The van der Waals surface area contributed by atoms with Crippen LogP contribution in [0.2, 0.25) is 0 Å². The summed E-state index contributed by atoms with van der Waals surface area (Å²) in [6.45, 7) is 9.28. The van der Waals surface area contributed by atoms with Gasteiger partial charge < -0.3 is 0 Å². The molecule has 0 saturated carbocycles. The Morgan fingerprint density at radius 1 is 1.10 bits per heavy atom. The second-order valence-electron chi connectivity index (χ2n) is 1.54. The van der Waals surface area contributed by atoms with Gasteiger partial charge in [-0.25, -0.2) is 0 Å². The fraction of sp³-hybridized carbons (Fsp3) is 1.00.